The number of rotatable bonds is 3. The van der Waals surface area contributed by atoms with E-state index in [1.165, 1.54) is 6.42 Å². The van der Waals surface area contributed by atoms with Crippen LogP contribution in [-0.2, 0) is 4.79 Å². The zero-order chi connectivity index (χ0) is 11.8. The van der Waals surface area contributed by atoms with E-state index in [4.69, 9.17) is 17.3 Å². The van der Waals surface area contributed by atoms with Crippen LogP contribution in [0.2, 0.25) is 0 Å². The number of piperidine rings is 2. The van der Waals surface area contributed by atoms with Gasteiger partial charge in [-0.1, -0.05) is 6.42 Å². The number of aliphatic carboxylic acids is 1. The maximum atomic E-state index is 11.2. The van der Waals surface area contributed by atoms with Gasteiger partial charge in [-0.2, -0.15) is 0 Å². The normalized spacial score (nSPS) is 39.6. The second-order valence-corrected chi connectivity index (χ2v) is 5.41. The van der Waals surface area contributed by atoms with Crippen molar-refractivity contribution in [1.82, 2.24) is 4.90 Å². The number of halogens is 1. The van der Waals surface area contributed by atoms with Gasteiger partial charge in [-0.05, 0) is 25.7 Å². The van der Waals surface area contributed by atoms with Gasteiger partial charge in [0, 0.05) is 24.5 Å². The summed E-state index contributed by atoms with van der Waals surface area (Å²) in [5, 5.41) is 9.20. The Bertz CT molecular complexity index is 271. The van der Waals surface area contributed by atoms with Crippen LogP contribution >= 0.6 is 11.6 Å². The molecular formula is C11H19ClN2O2. The summed E-state index contributed by atoms with van der Waals surface area (Å²) in [6.07, 6.45) is 4.43. The van der Waals surface area contributed by atoms with Crippen LogP contribution in [0.1, 0.15) is 32.1 Å². The number of alkyl halides is 1. The molecular weight excluding hydrogens is 228 g/mol. The molecule has 92 valence electrons. The highest BCUT2D eigenvalue weighted by Gasteiger charge is 2.48. The molecule has 2 bridgehead atoms. The van der Waals surface area contributed by atoms with Gasteiger partial charge in [0.25, 0.3) is 0 Å². The average molecular weight is 247 g/mol. The highest BCUT2D eigenvalue weighted by atomic mass is 35.5. The highest BCUT2D eigenvalue weighted by Crippen LogP contribution is 2.37. The van der Waals surface area contributed by atoms with Crippen LogP contribution in [0.25, 0.3) is 0 Å². The van der Waals surface area contributed by atoms with E-state index in [0.717, 1.165) is 19.4 Å². The van der Waals surface area contributed by atoms with Crippen molar-refractivity contribution in [1.29, 1.82) is 0 Å². The van der Waals surface area contributed by atoms with E-state index in [0.29, 0.717) is 30.8 Å². The smallest absolute Gasteiger partial charge is 0.323 e. The van der Waals surface area contributed by atoms with Crippen molar-refractivity contribution in [2.45, 2.75) is 49.7 Å². The molecule has 2 fully saturated rings. The second kappa shape index (κ2) is 4.51. The van der Waals surface area contributed by atoms with E-state index in [9.17, 15) is 9.90 Å². The lowest BCUT2D eigenvalue weighted by Gasteiger charge is -2.51. The lowest BCUT2D eigenvalue weighted by molar-refractivity contribution is -0.148. The van der Waals surface area contributed by atoms with Crippen molar-refractivity contribution in [3.63, 3.8) is 0 Å². The molecule has 2 aliphatic rings. The van der Waals surface area contributed by atoms with Crippen LogP contribution < -0.4 is 5.73 Å². The van der Waals surface area contributed by atoms with Gasteiger partial charge in [0.1, 0.15) is 5.54 Å². The van der Waals surface area contributed by atoms with Gasteiger partial charge in [-0.3, -0.25) is 9.69 Å². The van der Waals surface area contributed by atoms with E-state index in [2.05, 4.69) is 4.90 Å². The second-order valence-electron chi connectivity index (χ2n) is 5.03. The maximum Gasteiger partial charge on any atom is 0.323 e. The number of carboxylic acid groups (broad SMARTS) is 1. The Balaban J connectivity index is 2.14. The fourth-order valence-electron chi connectivity index (χ4n) is 3.22. The number of nitrogens with zero attached hydrogens (tertiary/aromatic N) is 1. The molecule has 2 unspecified atom stereocenters. The summed E-state index contributed by atoms with van der Waals surface area (Å²) < 4.78 is 0. The molecule has 0 aromatic rings. The third-order valence-corrected chi connectivity index (χ3v) is 4.15. The standard InChI is InChI=1S/C11H19ClN2O2/c12-4-5-14-8-2-1-3-9(14)7-11(13,6-8)10(15)16/h8-9H,1-7,13H2,(H,15,16). The number of hydrogen-bond donors (Lipinski definition) is 2. The summed E-state index contributed by atoms with van der Waals surface area (Å²) in [5.74, 6) is -0.243. The van der Waals surface area contributed by atoms with Crippen molar-refractivity contribution >= 4 is 17.6 Å². The zero-order valence-electron chi connectivity index (χ0n) is 9.36. The van der Waals surface area contributed by atoms with Crippen LogP contribution in [0.3, 0.4) is 0 Å². The molecule has 0 radical (unpaired) electrons. The topological polar surface area (TPSA) is 66.6 Å². The van der Waals surface area contributed by atoms with Gasteiger partial charge in [0.15, 0.2) is 0 Å². The molecule has 2 rings (SSSR count). The molecule has 0 aromatic heterocycles. The largest absolute Gasteiger partial charge is 0.480 e. The number of carbonyl (C=O) groups is 1. The SMILES string of the molecule is NC1(C(=O)O)CC2CCCC(C1)N2CCCl. The number of fused-ring (bicyclic) bond motifs is 2. The van der Waals surface area contributed by atoms with E-state index < -0.39 is 11.5 Å². The molecule has 2 heterocycles. The molecule has 3 N–H and O–H groups in total. The molecule has 16 heavy (non-hydrogen) atoms. The molecule has 2 aliphatic heterocycles. The Morgan fingerprint density at radius 1 is 1.44 bits per heavy atom. The molecule has 2 atom stereocenters. The summed E-state index contributed by atoms with van der Waals surface area (Å²) in [7, 11) is 0. The minimum Gasteiger partial charge on any atom is -0.480 e. The number of nitrogens with two attached hydrogens (primary N) is 1. The highest BCUT2D eigenvalue weighted by molar-refractivity contribution is 6.18. The van der Waals surface area contributed by atoms with Crippen molar-refractivity contribution in [3.05, 3.63) is 0 Å². The Kier molecular flexibility index (Phi) is 3.42. The molecule has 4 nitrogen and oxygen atoms in total. The Morgan fingerprint density at radius 3 is 2.44 bits per heavy atom. The lowest BCUT2D eigenvalue weighted by atomic mass is 9.74. The Labute approximate surface area is 101 Å². The van der Waals surface area contributed by atoms with Crippen molar-refractivity contribution in [2.75, 3.05) is 12.4 Å². The van der Waals surface area contributed by atoms with Crippen LogP contribution in [0.5, 0.6) is 0 Å². The lowest BCUT2D eigenvalue weighted by Crippen LogP contribution is -2.64. The first-order valence-electron chi connectivity index (χ1n) is 5.91. The summed E-state index contributed by atoms with van der Waals surface area (Å²) in [4.78, 5) is 13.6. The third-order valence-electron chi connectivity index (χ3n) is 3.98. The van der Waals surface area contributed by atoms with E-state index in [1.54, 1.807) is 0 Å². The first-order chi connectivity index (χ1) is 7.57. The maximum absolute atomic E-state index is 11.2. The molecule has 0 amide bonds. The molecule has 5 heteroatoms. The average Bonchev–Trinajstić information content (AvgIpc) is 2.19. The van der Waals surface area contributed by atoms with Crippen molar-refractivity contribution < 1.29 is 9.90 Å². The minimum atomic E-state index is -1.02. The van der Waals surface area contributed by atoms with Crippen LogP contribution in [-0.4, -0.2) is 46.0 Å². The van der Waals surface area contributed by atoms with E-state index in [1.807, 2.05) is 0 Å². The van der Waals surface area contributed by atoms with Crippen LogP contribution in [0, 0.1) is 0 Å². The first-order valence-corrected chi connectivity index (χ1v) is 6.44. The summed E-state index contributed by atoms with van der Waals surface area (Å²) in [5.41, 5.74) is 4.98. The molecule has 0 aromatic carbocycles. The number of carboxylic acids is 1. The van der Waals surface area contributed by atoms with Gasteiger partial charge in [0.05, 0.1) is 0 Å². The monoisotopic (exact) mass is 246 g/mol. The summed E-state index contributed by atoms with van der Waals surface area (Å²) in [6, 6.07) is 0.625. The molecule has 0 spiro atoms. The van der Waals surface area contributed by atoms with Crippen molar-refractivity contribution in [2.24, 2.45) is 5.73 Å². The fourth-order valence-corrected chi connectivity index (χ4v) is 3.41. The predicted octanol–water partition coefficient (Wildman–Crippen LogP) is 1.02. The van der Waals surface area contributed by atoms with Gasteiger partial charge in [-0.15, -0.1) is 11.6 Å². The van der Waals surface area contributed by atoms with E-state index >= 15 is 0 Å². The Hall–Kier alpha value is -0.320. The van der Waals surface area contributed by atoms with Crippen LogP contribution in [0.15, 0.2) is 0 Å². The summed E-state index contributed by atoms with van der Waals surface area (Å²) in [6.45, 7) is 0.854. The van der Waals surface area contributed by atoms with Gasteiger partial charge < -0.3 is 10.8 Å². The fraction of sp³-hybridized carbons (Fsp3) is 0.909. The Morgan fingerprint density at radius 2 is 2.00 bits per heavy atom. The van der Waals surface area contributed by atoms with Gasteiger partial charge in [0.2, 0.25) is 0 Å². The quantitative estimate of drug-likeness (QED) is 0.730. The van der Waals surface area contributed by atoms with Crippen LogP contribution in [0.4, 0.5) is 0 Å². The van der Waals surface area contributed by atoms with Crippen molar-refractivity contribution in [3.8, 4) is 0 Å². The number of hydrogen-bond acceptors (Lipinski definition) is 3. The van der Waals surface area contributed by atoms with Gasteiger partial charge >= 0.3 is 5.97 Å². The minimum absolute atomic E-state index is 0.312. The third kappa shape index (κ3) is 2.06. The van der Waals surface area contributed by atoms with Gasteiger partial charge in [-0.25, -0.2) is 0 Å². The zero-order valence-corrected chi connectivity index (χ0v) is 10.1. The molecule has 0 aliphatic carbocycles. The predicted molar refractivity (Wildman–Crippen MR) is 62.6 cm³/mol. The molecule has 2 saturated heterocycles. The molecule has 0 saturated carbocycles. The van der Waals surface area contributed by atoms with E-state index in [-0.39, 0.29) is 0 Å². The first kappa shape index (κ1) is 12.1. The summed E-state index contributed by atoms with van der Waals surface area (Å²) >= 11 is 5.79.